The van der Waals surface area contributed by atoms with Gasteiger partial charge in [-0.05, 0) is 52.0 Å². The molecule has 5 heteroatoms. The minimum Gasteiger partial charge on any atom is -0.490 e. The van der Waals surface area contributed by atoms with Gasteiger partial charge >= 0.3 is 0 Å². The largest absolute Gasteiger partial charge is 0.490 e. The fourth-order valence-electron chi connectivity index (χ4n) is 2.26. The van der Waals surface area contributed by atoms with Gasteiger partial charge in [0.2, 0.25) is 0 Å². The van der Waals surface area contributed by atoms with E-state index in [2.05, 4.69) is 51.7 Å². The summed E-state index contributed by atoms with van der Waals surface area (Å²) in [5.41, 5.74) is 1.21. The first-order chi connectivity index (χ1) is 10.2. The van der Waals surface area contributed by atoms with Crippen LogP contribution in [0.2, 0.25) is 0 Å². The summed E-state index contributed by atoms with van der Waals surface area (Å²) in [4.78, 5) is 1.32. The van der Waals surface area contributed by atoms with Crippen LogP contribution in [0.4, 0.5) is 0 Å². The van der Waals surface area contributed by atoms with Gasteiger partial charge in [0.1, 0.15) is 0 Å². The average Bonchev–Trinajstić information content (AvgIpc) is 2.76. The number of ether oxygens (including phenoxy) is 2. The molecule has 112 valence electrons. The molecule has 1 aliphatic heterocycles. The second kappa shape index (κ2) is 6.81. The maximum atomic E-state index is 5.75. The number of fused-ring (bicyclic) bond motifs is 1. The maximum absolute atomic E-state index is 5.75. The van der Waals surface area contributed by atoms with Crippen LogP contribution in [0, 0.1) is 0 Å². The SMILES string of the molecule is CC(NCc1sccc1Br)c1ccc2c(c1)OCCCO2. The number of halogens is 1. The Labute approximate surface area is 137 Å². The molecule has 1 aliphatic rings. The third-order valence-electron chi connectivity index (χ3n) is 3.53. The summed E-state index contributed by atoms with van der Waals surface area (Å²) in [6.45, 7) is 4.47. The van der Waals surface area contributed by atoms with Crippen molar-refractivity contribution in [2.24, 2.45) is 0 Å². The van der Waals surface area contributed by atoms with Gasteiger partial charge in [0.05, 0.1) is 13.2 Å². The predicted octanol–water partition coefficient (Wildman–Crippen LogP) is 4.52. The van der Waals surface area contributed by atoms with Crippen LogP contribution >= 0.6 is 27.3 Å². The fourth-order valence-corrected chi connectivity index (χ4v) is 3.71. The molecule has 2 aromatic rings. The lowest BCUT2D eigenvalue weighted by Crippen LogP contribution is -2.17. The van der Waals surface area contributed by atoms with Crippen LogP contribution in [0.15, 0.2) is 34.1 Å². The molecule has 1 unspecified atom stereocenters. The minimum absolute atomic E-state index is 0.260. The maximum Gasteiger partial charge on any atom is 0.161 e. The number of thiophene rings is 1. The van der Waals surface area contributed by atoms with Gasteiger partial charge in [0, 0.05) is 28.4 Å². The zero-order chi connectivity index (χ0) is 14.7. The Balaban J connectivity index is 1.68. The first kappa shape index (κ1) is 14.9. The normalized spacial score (nSPS) is 15.5. The van der Waals surface area contributed by atoms with Gasteiger partial charge in [-0.1, -0.05) is 6.07 Å². The van der Waals surface area contributed by atoms with E-state index in [0.29, 0.717) is 0 Å². The van der Waals surface area contributed by atoms with Crippen LogP contribution in [-0.4, -0.2) is 13.2 Å². The van der Waals surface area contributed by atoms with E-state index < -0.39 is 0 Å². The van der Waals surface area contributed by atoms with E-state index in [4.69, 9.17) is 9.47 Å². The van der Waals surface area contributed by atoms with Gasteiger partial charge < -0.3 is 14.8 Å². The molecule has 1 aromatic heterocycles. The van der Waals surface area contributed by atoms with Gasteiger partial charge in [0.25, 0.3) is 0 Å². The Morgan fingerprint density at radius 2 is 2.05 bits per heavy atom. The molecule has 0 saturated carbocycles. The number of hydrogen-bond donors (Lipinski definition) is 1. The summed E-state index contributed by atoms with van der Waals surface area (Å²) in [6.07, 6.45) is 0.935. The van der Waals surface area contributed by atoms with Gasteiger partial charge in [-0.3, -0.25) is 0 Å². The second-order valence-electron chi connectivity index (χ2n) is 5.05. The molecular weight excluding hydrogens is 350 g/mol. The molecule has 0 fully saturated rings. The van der Waals surface area contributed by atoms with Gasteiger partial charge in [-0.25, -0.2) is 0 Å². The standard InChI is InChI=1S/C16H18BrNO2S/c1-11(18-10-16-13(17)5-8-21-16)12-3-4-14-15(9-12)20-7-2-6-19-14/h3-5,8-9,11,18H,2,6-7,10H2,1H3. The second-order valence-corrected chi connectivity index (χ2v) is 6.91. The topological polar surface area (TPSA) is 30.5 Å². The lowest BCUT2D eigenvalue weighted by molar-refractivity contribution is 0.297. The molecule has 3 rings (SSSR count). The zero-order valence-corrected chi connectivity index (χ0v) is 14.3. The molecule has 0 spiro atoms. The Kier molecular flexibility index (Phi) is 4.83. The molecule has 0 radical (unpaired) electrons. The highest BCUT2D eigenvalue weighted by Crippen LogP contribution is 2.32. The van der Waals surface area contributed by atoms with E-state index in [1.807, 2.05) is 6.07 Å². The number of hydrogen-bond acceptors (Lipinski definition) is 4. The molecule has 3 nitrogen and oxygen atoms in total. The molecule has 1 aromatic carbocycles. The van der Waals surface area contributed by atoms with Crippen LogP contribution in [0.1, 0.15) is 29.8 Å². The molecule has 1 N–H and O–H groups in total. The summed E-state index contributed by atoms with van der Waals surface area (Å²) in [7, 11) is 0. The Morgan fingerprint density at radius 1 is 1.24 bits per heavy atom. The smallest absolute Gasteiger partial charge is 0.161 e. The summed E-state index contributed by atoms with van der Waals surface area (Å²) in [5, 5.41) is 5.65. The van der Waals surface area contributed by atoms with Crippen molar-refractivity contribution in [3.63, 3.8) is 0 Å². The molecule has 1 atom stereocenters. The first-order valence-electron chi connectivity index (χ1n) is 7.09. The summed E-state index contributed by atoms with van der Waals surface area (Å²) < 4.78 is 12.6. The van der Waals surface area contributed by atoms with Gasteiger partial charge in [-0.2, -0.15) is 0 Å². The molecule has 0 bridgehead atoms. The molecule has 2 heterocycles. The van der Waals surface area contributed by atoms with Crippen molar-refractivity contribution in [3.8, 4) is 11.5 Å². The lowest BCUT2D eigenvalue weighted by atomic mass is 10.1. The van der Waals surface area contributed by atoms with Gasteiger partial charge in [-0.15, -0.1) is 11.3 Å². The van der Waals surface area contributed by atoms with Crippen molar-refractivity contribution in [2.75, 3.05) is 13.2 Å². The molecule has 0 saturated heterocycles. The lowest BCUT2D eigenvalue weighted by Gasteiger charge is -2.16. The molecule has 21 heavy (non-hydrogen) atoms. The van der Waals surface area contributed by atoms with E-state index >= 15 is 0 Å². The summed E-state index contributed by atoms with van der Waals surface area (Å²) in [5.74, 6) is 1.71. The molecule has 0 amide bonds. The van der Waals surface area contributed by atoms with Crippen LogP contribution < -0.4 is 14.8 Å². The number of rotatable bonds is 4. The average molecular weight is 368 g/mol. The molecule has 0 aliphatic carbocycles. The van der Waals surface area contributed by atoms with Crippen molar-refractivity contribution in [3.05, 3.63) is 44.6 Å². The van der Waals surface area contributed by atoms with Crippen molar-refractivity contribution < 1.29 is 9.47 Å². The summed E-state index contributed by atoms with van der Waals surface area (Å²) >= 11 is 5.32. The van der Waals surface area contributed by atoms with E-state index in [1.165, 1.54) is 14.9 Å². The molecular formula is C16H18BrNO2S. The zero-order valence-electron chi connectivity index (χ0n) is 11.9. The van der Waals surface area contributed by atoms with E-state index in [-0.39, 0.29) is 6.04 Å². The van der Waals surface area contributed by atoms with Crippen LogP contribution in [0.5, 0.6) is 11.5 Å². The third-order valence-corrected chi connectivity index (χ3v) is 5.46. The van der Waals surface area contributed by atoms with Crippen LogP contribution in [0.25, 0.3) is 0 Å². The van der Waals surface area contributed by atoms with E-state index in [1.54, 1.807) is 11.3 Å². The van der Waals surface area contributed by atoms with Crippen molar-refractivity contribution in [2.45, 2.75) is 25.9 Å². The number of benzene rings is 1. The third kappa shape index (κ3) is 3.59. The van der Waals surface area contributed by atoms with Crippen LogP contribution in [0.3, 0.4) is 0 Å². The Hall–Kier alpha value is -1.04. The van der Waals surface area contributed by atoms with Crippen molar-refractivity contribution in [1.29, 1.82) is 0 Å². The highest BCUT2D eigenvalue weighted by molar-refractivity contribution is 9.10. The Bertz CT molecular complexity index is 614. The predicted molar refractivity (Wildman–Crippen MR) is 89.3 cm³/mol. The number of nitrogens with one attached hydrogen (secondary N) is 1. The summed E-state index contributed by atoms with van der Waals surface area (Å²) in [6, 6.07) is 8.54. The van der Waals surface area contributed by atoms with E-state index in [0.717, 1.165) is 37.7 Å². The van der Waals surface area contributed by atoms with Crippen LogP contribution in [-0.2, 0) is 6.54 Å². The monoisotopic (exact) mass is 367 g/mol. The first-order valence-corrected chi connectivity index (χ1v) is 8.76. The van der Waals surface area contributed by atoms with Crippen molar-refractivity contribution >= 4 is 27.3 Å². The fraction of sp³-hybridized carbons (Fsp3) is 0.375. The minimum atomic E-state index is 0.260. The quantitative estimate of drug-likeness (QED) is 0.861. The Morgan fingerprint density at radius 3 is 2.81 bits per heavy atom. The van der Waals surface area contributed by atoms with Crippen molar-refractivity contribution in [1.82, 2.24) is 5.32 Å². The highest BCUT2D eigenvalue weighted by Gasteiger charge is 2.14. The van der Waals surface area contributed by atoms with Gasteiger partial charge in [0.15, 0.2) is 11.5 Å². The van der Waals surface area contributed by atoms with E-state index in [9.17, 15) is 0 Å². The highest BCUT2D eigenvalue weighted by atomic mass is 79.9.